The van der Waals surface area contributed by atoms with Crippen molar-refractivity contribution in [2.75, 3.05) is 26.2 Å². The van der Waals surface area contributed by atoms with Crippen molar-refractivity contribution in [1.29, 1.82) is 0 Å². The maximum Gasteiger partial charge on any atom is 0.254 e. The van der Waals surface area contributed by atoms with Gasteiger partial charge in [-0.1, -0.05) is 36.4 Å². The number of carbonyl (C=O) groups is 1. The van der Waals surface area contributed by atoms with Crippen molar-refractivity contribution in [3.05, 3.63) is 48.0 Å². The number of benzene rings is 2. The van der Waals surface area contributed by atoms with E-state index in [9.17, 15) is 4.79 Å². The molecule has 0 atom stereocenters. The molecule has 1 aliphatic rings. The van der Waals surface area contributed by atoms with Gasteiger partial charge in [0.1, 0.15) is 0 Å². The van der Waals surface area contributed by atoms with Crippen LogP contribution in [0.2, 0.25) is 0 Å². The maximum atomic E-state index is 12.8. The summed E-state index contributed by atoms with van der Waals surface area (Å²) in [4.78, 5) is 14.8. The normalized spacial score (nSPS) is 15.3. The Hall–Kier alpha value is -1.62. The highest BCUT2D eigenvalue weighted by atomic mass is 35.5. The summed E-state index contributed by atoms with van der Waals surface area (Å²) in [5, 5.41) is 2.14. The van der Waals surface area contributed by atoms with E-state index >= 15 is 0 Å². The monoisotopic (exact) mass is 348 g/mol. The zero-order valence-corrected chi connectivity index (χ0v) is 14.6. The van der Waals surface area contributed by atoms with E-state index in [-0.39, 0.29) is 24.4 Å². The second-order valence-electron chi connectivity index (χ2n) is 6.03. The molecule has 0 radical (unpaired) electrons. The van der Waals surface area contributed by atoms with Crippen LogP contribution in [0.15, 0.2) is 42.5 Å². The number of likely N-dealkylation sites (tertiary alicyclic amines) is 1. The van der Waals surface area contributed by atoms with Gasteiger partial charge in [0.15, 0.2) is 0 Å². The quantitative estimate of drug-likeness (QED) is 0.844. The van der Waals surface area contributed by atoms with Gasteiger partial charge in [-0.3, -0.25) is 4.79 Å². The number of ether oxygens (including phenoxy) is 1. The van der Waals surface area contributed by atoms with Crippen LogP contribution in [-0.2, 0) is 4.74 Å². The van der Waals surface area contributed by atoms with Gasteiger partial charge in [0.05, 0.1) is 6.10 Å². The first-order chi connectivity index (χ1) is 11.3. The summed E-state index contributed by atoms with van der Waals surface area (Å²) >= 11 is 0. The molecular weight excluding hydrogens is 324 g/mol. The number of hydrogen-bond acceptors (Lipinski definition) is 3. The van der Waals surface area contributed by atoms with Crippen molar-refractivity contribution in [2.24, 2.45) is 5.73 Å². The highest BCUT2D eigenvalue weighted by Gasteiger charge is 2.24. The molecule has 1 heterocycles. The molecule has 0 bridgehead atoms. The van der Waals surface area contributed by atoms with Crippen LogP contribution in [0.3, 0.4) is 0 Å². The minimum atomic E-state index is 0. The van der Waals surface area contributed by atoms with Crippen LogP contribution in [0.4, 0.5) is 0 Å². The van der Waals surface area contributed by atoms with Gasteiger partial charge in [0.25, 0.3) is 5.91 Å². The summed E-state index contributed by atoms with van der Waals surface area (Å²) in [6, 6.07) is 14.0. The van der Waals surface area contributed by atoms with Crippen molar-refractivity contribution in [3.8, 4) is 0 Å². The van der Waals surface area contributed by atoms with Gasteiger partial charge < -0.3 is 15.4 Å². The molecule has 0 saturated carbocycles. The van der Waals surface area contributed by atoms with Crippen LogP contribution in [0.25, 0.3) is 10.8 Å². The molecule has 1 saturated heterocycles. The van der Waals surface area contributed by atoms with E-state index in [0.29, 0.717) is 6.54 Å². The first-order valence-electron chi connectivity index (χ1n) is 8.38. The highest BCUT2D eigenvalue weighted by molar-refractivity contribution is 6.07. The Kier molecular flexibility index (Phi) is 7.03. The van der Waals surface area contributed by atoms with Crippen LogP contribution in [0, 0.1) is 0 Å². The van der Waals surface area contributed by atoms with Gasteiger partial charge in [-0.15, -0.1) is 12.4 Å². The number of amides is 1. The molecule has 0 aromatic heterocycles. The van der Waals surface area contributed by atoms with Gasteiger partial charge in [0.2, 0.25) is 0 Å². The third kappa shape index (κ3) is 4.26. The van der Waals surface area contributed by atoms with E-state index < -0.39 is 0 Å². The molecule has 2 aromatic carbocycles. The summed E-state index contributed by atoms with van der Waals surface area (Å²) < 4.78 is 5.81. The second-order valence-corrected chi connectivity index (χ2v) is 6.03. The van der Waals surface area contributed by atoms with Gasteiger partial charge in [-0.25, -0.2) is 0 Å². The topological polar surface area (TPSA) is 55.6 Å². The molecule has 4 nitrogen and oxygen atoms in total. The third-order valence-electron chi connectivity index (χ3n) is 4.45. The molecule has 0 spiro atoms. The number of rotatable bonds is 5. The van der Waals surface area contributed by atoms with Crippen molar-refractivity contribution in [3.63, 3.8) is 0 Å². The SMILES string of the molecule is Cl.NCCCOC1CCN(C(=O)c2cccc3ccccc23)CC1. The van der Waals surface area contributed by atoms with Gasteiger partial charge in [0, 0.05) is 25.3 Å². The minimum absolute atomic E-state index is 0. The Balaban J connectivity index is 0.00000208. The predicted molar refractivity (Wildman–Crippen MR) is 99.7 cm³/mol. The summed E-state index contributed by atoms with van der Waals surface area (Å²) in [6.07, 6.45) is 2.97. The molecule has 1 amide bonds. The van der Waals surface area contributed by atoms with Gasteiger partial charge >= 0.3 is 0 Å². The number of fused-ring (bicyclic) bond motifs is 1. The van der Waals surface area contributed by atoms with Crippen LogP contribution >= 0.6 is 12.4 Å². The van der Waals surface area contributed by atoms with Crippen molar-refractivity contribution >= 4 is 29.1 Å². The van der Waals surface area contributed by atoms with E-state index in [2.05, 4.69) is 0 Å². The standard InChI is InChI=1S/C19H24N2O2.ClH/c20-11-4-14-23-16-9-12-21(13-10-16)19(22)18-8-3-6-15-5-1-2-7-17(15)18;/h1-3,5-8,16H,4,9-14,20H2;1H. The summed E-state index contributed by atoms with van der Waals surface area (Å²) in [6.45, 7) is 2.90. The van der Waals surface area contributed by atoms with E-state index in [4.69, 9.17) is 10.5 Å². The maximum absolute atomic E-state index is 12.8. The zero-order valence-electron chi connectivity index (χ0n) is 13.8. The molecule has 0 unspecified atom stereocenters. The predicted octanol–water partition coefficient (Wildman–Crippen LogP) is 3.23. The van der Waals surface area contributed by atoms with Gasteiger partial charge in [-0.05, 0) is 42.6 Å². The van der Waals surface area contributed by atoms with E-state index in [0.717, 1.165) is 55.3 Å². The highest BCUT2D eigenvalue weighted by Crippen LogP contribution is 2.22. The zero-order chi connectivity index (χ0) is 16.1. The van der Waals surface area contributed by atoms with E-state index in [1.54, 1.807) is 0 Å². The van der Waals surface area contributed by atoms with Crippen LogP contribution in [0.5, 0.6) is 0 Å². The molecule has 2 N–H and O–H groups in total. The fourth-order valence-corrected chi connectivity index (χ4v) is 3.14. The van der Waals surface area contributed by atoms with Crippen molar-refractivity contribution < 1.29 is 9.53 Å². The number of nitrogens with zero attached hydrogens (tertiary/aromatic N) is 1. The molecule has 3 rings (SSSR count). The molecule has 24 heavy (non-hydrogen) atoms. The molecule has 5 heteroatoms. The first-order valence-corrected chi connectivity index (χ1v) is 8.38. The van der Waals surface area contributed by atoms with Crippen LogP contribution in [-0.4, -0.2) is 43.2 Å². The lowest BCUT2D eigenvalue weighted by molar-refractivity contribution is 0.00850. The molecule has 2 aromatic rings. The third-order valence-corrected chi connectivity index (χ3v) is 4.45. The molecule has 1 fully saturated rings. The molecule has 1 aliphatic heterocycles. The van der Waals surface area contributed by atoms with Crippen LogP contribution in [0.1, 0.15) is 29.6 Å². The minimum Gasteiger partial charge on any atom is -0.378 e. The fraction of sp³-hybridized carbons (Fsp3) is 0.421. The largest absolute Gasteiger partial charge is 0.378 e. The van der Waals surface area contributed by atoms with E-state index in [1.807, 2.05) is 47.4 Å². The lowest BCUT2D eigenvalue weighted by atomic mass is 10.0. The number of piperidine rings is 1. The summed E-state index contributed by atoms with van der Waals surface area (Å²) in [5.74, 6) is 0.127. The average Bonchev–Trinajstić information content (AvgIpc) is 2.61. The lowest BCUT2D eigenvalue weighted by Crippen LogP contribution is -2.41. The number of nitrogens with two attached hydrogens (primary N) is 1. The smallest absolute Gasteiger partial charge is 0.254 e. The Morgan fingerprint density at radius 1 is 1.12 bits per heavy atom. The lowest BCUT2D eigenvalue weighted by Gasteiger charge is -2.32. The number of halogens is 1. The van der Waals surface area contributed by atoms with Crippen LogP contribution < -0.4 is 5.73 Å². The summed E-state index contributed by atoms with van der Waals surface area (Å²) in [5.41, 5.74) is 6.28. The first kappa shape index (κ1) is 18.7. The van der Waals surface area contributed by atoms with Gasteiger partial charge in [-0.2, -0.15) is 0 Å². The summed E-state index contributed by atoms with van der Waals surface area (Å²) in [7, 11) is 0. The Bertz CT molecular complexity index is 664. The van der Waals surface area contributed by atoms with Crippen molar-refractivity contribution in [2.45, 2.75) is 25.4 Å². The Morgan fingerprint density at radius 2 is 1.83 bits per heavy atom. The average molecular weight is 349 g/mol. The number of carbonyl (C=O) groups excluding carboxylic acids is 1. The van der Waals surface area contributed by atoms with E-state index in [1.165, 1.54) is 0 Å². The Morgan fingerprint density at radius 3 is 2.58 bits per heavy atom. The second kappa shape index (κ2) is 9.02. The molecule has 0 aliphatic carbocycles. The van der Waals surface area contributed by atoms with Crippen molar-refractivity contribution in [1.82, 2.24) is 4.90 Å². The Labute approximate surface area is 149 Å². The fourth-order valence-electron chi connectivity index (χ4n) is 3.14. The number of hydrogen-bond donors (Lipinski definition) is 1. The molecule has 130 valence electrons. The molecular formula is C19H25ClN2O2.